The Morgan fingerprint density at radius 3 is 1.78 bits per heavy atom. The molecular weight excluding hydrogens is 396 g/mol. The van der Waals surface area contributed by atoms with Crippen LogP contribution >= 0.6 is 0 Å². The van der Waals surface area contributed by atoms with E-state index < -0.39 is 0 Å². The van der Waals surface area contributed by atoms with Gasteiger partial charge in [-0.1, -0.05) is 51.8 Å². The molecule has 0 fully saturated rings. The van der Waals surface area contributed by atoms with Crippen LogP contribution in [0.1, 0.15) is 56.9 Å². The maximum atomic E-state index is 13.8. The second kappa shape index (κ2) is 8.31. The average Bonchev–Trinajstić information content (AvgIpc) is 3.13. The van der Waals surface area contributed by atoms with Crippen LogP contribution in [0, 0.1) is 30.6 Å². The number of amides is 2. The van der Waals surface area contributed by atoms with Gasteiger partial charge in [0.1, 0.15) is 0 Å². The Morgan fingerprint density at radius 1 is 0.781 bits per heavy atom. The van der Waals surface area contributed by atoms with E-state index in [-0.39, 0.29) is 11.8 Å². The largest absolute Gasteiger partial charge is 0.307 e. The van der Waals surface area contributed by atoms with Gasteiger partial charge in [0.05, 0.1) is 22.5 Å². The molecule has 4 nitrogen and oxygen atoms in total. The highest BCUT2D eigenvalue weighted by atomic mass is 16.2. The number of carbonyl (C=O) groups excluding carboxylic acids is 2. The summed E-state index contributed by atoms with van der Waals surface area (Å²) in [7, 11) is 0. The van der Waals surface area contributed by atoms with E-state index in [2.05, 4.69) is 45.6 Å². The summed E-state index contributed by atoms with van der Waals surface area (Å²) < 4.78 is 0. The average molecular weight is 427 g/mol. The molecule has 2 amide bonds. The lowest BCUT2D eigenvalue weighted by molar-refractivity contribution is -0.114. The number of aryl methyl sites for hydroxylation is 1. The van der Waals surface area contributed by atoms with Gasteiger partial charge in [0, 0.05) is 29.8 Å². The molecule has 0 saturated carbocycles. The third-order valence-corrected chi connectivity index (χ3v) is 5.80. The van der Waals surface area contributed by atoms with E-state index in [1.165, 1.54) is 0 Å². The van der Waals surface area contributed by atoms with Crippen molar-refractivity contribution in [3.63, 3.8) is 0 Å². The van der Waals surface area contributed by atoms with Crippen LogP contribution < -0.4 is 9.80 Å². The molecule has 4 heteroatoms. The van der Waals surface area contributed by atoms with Crippen LogP contribution in [-0.4, -0.2) is 24.9 Å². The molecular formula is C28H30N2O2. The Hall–Kier alpha value is -3.32. The van der Waals surface area contributed by atoms with Crippen molar-refractivity contribution < 1.29 is 9.59 Å². The van der Waals surface area contributed by atoms with Crippen LogP contribution in [0.25, 0.3) is 11.1 Å². The zero-order valence-corrected chi connectivity index (χ0v) is 19.7. The Labute approximate surface area is 190 Å². The standard InChI is InChI=1S/C28H30N2O2/c1-7-8-20-10-12-22-24(14-20)30(16-18(4)5)28(32)26(22)25-21-11-9-19(6)13-23(21)29(27(25)31)15-17(2)3/h9-14,17-18H,15-16H2,1-6H3/b26-25+. The van der Waals surface area contributed by atoms with Crippen LogP contribution in [-0.2, 0) is 9.59 Å². The lowest BCUT2D eigenvalue weighted by Crippen LogP contribution is -2.32. The molecule has 0 spiro atoms. The van der Waals surface area contributed by atoms with E-state index in [9.17, 15) is 9.59 Å². The molecule has 2 heterocycles. The Morgan fingerprint density at radius 2 is 1.28 bits per heavy atom. The molecule has 0 saturated heterocycles. The van der Waals surface area contributed by atoms with Crippen LogP contribution in [0.2, 0.25) is 0 Å². The number of nitrogens with zero attached hydrogens (tertiary/aromatic N) is 2. The van der Waals surface area contributed by atoms with E-state index in [1.54, 1.807) is 6.92 Å². The molecule has 32 heavy (non-hydrogen) atoms. The van der Waals surface area contributed by atoms with E-state index >= 15 is 0 Å². The smallest absolute Gasteiger partial charge is 0.259 e. The van der Waals surface area contributed by atoms with Crippen molar-refractivity contribution in [3.05, 3.63) is 58.7 Å². The Bertz CT molecular complexity index is 1210. The first kappa shape index (κ1) is 21.9. The van der Waals surface area contributed by atoms with Crippen LogP contribution in [0.15, 0.2) is 36.4 Å². The van der Waals surface area contributed by atoms with Crippen molar-refractivity contribution in [3.8, 4) is 11.8 Å². The van der Waals surface area contributed by atoms with Crippen molar-refractivity contribution in [2.75, 3.05) is 22.9 Å². The molecule has 2 aromatic rings. The molecule has 0 aliphatic carbocycles. The van der Waals surface area contributed by atoms with Crippen molar-refractivity contribution in [2.45, 2.75) is 41.5 Å². The van der Waals surface area contributed by atoms with Crippen molar-refractivity contribution in [2.24, 2.45) is 11.8 Å². The first-order valence-electron chi connectivity index (χ1n) is 11.3. The minimum atomic E-state index is -0.100. The van der Waals surface area contributed by atoms with E-state index in [4.69, 9.17) is 0 Å². The van der Waals surface area contributed by atoms with Gasteiger partial charge >= 0.3 is 0 Å². The fraction of sp³-hybridized carbons (Fsp3) is 0.357. The molecule has 0 N–H and O–H groups in total. The van der Waals surface area contributed by atoms with E-state index in [1.807, 2.05) is 47.1 Å². The second-order valence-electron chi connectivity index (χ2n) is 9.50. The van der Waals surface area contributed by atoms with Gasteiger partial charge in [0.2, 0.25) is 0 Å². The maximum Gasteiger partial charge on any atom is 0.259 e. The first-order chi connectivity index (χ1) is 15.2. The number of benzene rings is 2. The molecule has 2 aliphatic rings. The lowest BCUT2D eigenvalue weighted by atomic mass is 9.95. The quantitative estimate of drug-likeness (QED) is 0.493. The minimum absolute atomic E-state index is 0.0857. The van der Waals surface area contributed by atoms with Gasteiger partial charge in [0.15, 0.2) is 0 Å². The highest BCUT2D eigenvalue weighted by molar-refractivity contribution is 6.49. The first-order valence-corrected chi connectivity index (χ1v) is 11.3. The number of hydrogen-bond donors (Lipinski definition) is 0. The normalized spacial score (nSPS) is 17.2. The summed E-state index contributed by atoms with van der Waals surface area (Å²) >= 11 is 0. The molecule has 0 unspecified atom stereocenters. The number of fused-ring (bicyclic) bond motifs is 2. The molecule has 2 aromatic carbocycles. The lowest BCUT2D eigenvalue weighted by Gasteiger charge is -2.20. The summed E-state index contributed by atoms with van der Waals surface area (Å²) in [6.07, 6.45) is 0. The van der Waals surface area contributed by atoms with Crippen molar-refractivity contribution in [1.82, 2.24) is 0 Å². The van der Waals surface area contributed by atoms with Gasteiger partial charge in [-0.05, 0) is 49.4 Å². The van der Waals surface area contributed by atoms with Gasteiger partial charge in [-0.2, -0.15) is 0 Å². The van der Waals surface area contributed by atoms with Gasteiger partial charge in [-0.15, -0.1) is 5.92 Å². The summed E-state index contributed by atoms with van der Waals surface area (Å²) in [5.41, 5.74) is 6.41. The fourth-order valence-corrected chi connectivity index (χ4v) is 4.56. The van der Waals surface area contributed by atoms with E-state index in [0.717, 1.165) is 33.6 Å². The van der Waals surface area contributed by atoms with Crippen LogP contribution in [0.5, 0.6) is 0 Å². The predicted octanol–water partition coefficient (Wildman–Crippen LogP) is 5.28. The third kappa shape index (κ3) is 3.62. The Balaban J connectivity index is 1.97. The number of anilines is 2. The van der Waals surface area contributed by atoms with Gasteiger partial charge in [-0.25, -0.2) is 0 Å². The molecule has 0 bridgehead atoms. The Kier molecular flexibility index (Phi) is 5.69. The summed E-state index contributed by atoms with van der Waals surface area (Å²) in [6.45, 7) is 13.4. The summed E-state index contributed by atoms with van der Waals surface area (Å²) in [5, 5.41) is 0. The van der Waals surface area contributed by atoms with E-state index in [0.29, 0.717) is 36.1 Å². The SMILES string of the molecule is CC#Cc1ccc2c(c1)N(CC(C)C)C(=O)/C2=C1/C(=O)N(CC(C)C)c2cc(C)ccc21. The zero-order chi connectivity index (χ0) is 23.2. The molecule has 0 aromatic heterocycles. The zero-order valence-electron chi connectivity index (χ0n) is 19.7. The summed E-state index contributed by atoms with van der Waals surface area (Å²) in [5.74, 6) is 6.45. The third-order valence-electron chi connectivity index (χ3n) is 5.80. The molecule has 0 radical (unpaired) electrons. The highest BCUT2D eigenvalue weighted by Gasteiger charge is 2.42. The van der Waals surface area contributed by atoms with Gasteiger partial charge in [-0.3, -0.25) is 9.59 Å². The fourth-order valence-electron chi connectivity index (χ4n) is 4.56. The number of rotatable bonds is 4. The maximum absolute atomic E-state index is 13.8. The molecule has 4 rings (SSSR count). The topological polar surface area (TPSA) is 40.6 Å². The predicted molar refractivity (Wildman–Crippen MR) is 131 cm³/mol. The van der Waals surface area contributed by atoms with Crippen LogP contribution in [0.4, 0.5) is 11.4 Å². The van der Waals surface area contributed by atoms with Gasteiger partial charge < -0.3 is 9.80 Å². The molecule has 164 valence electrons. The highest BCUT2D eigenvalue weighted by Crippen LogP contribution is 2.47. The monoisotopic (exact) mass is 426 g/mol. The van der Waals surface area contributed by atoms with Crippen molar-refractivity contribution >= 4 is 34.3 Å². The molecule has 2 aliphatic heterocycles. The van der Waals surface area contributed by atoms with Crippen LogP contribution in [0.3, 0.4) is 0 Å². The number of carbonyl (C=O) groups is 2. The molecule has 0 atom stereocenters. The van der Waals surface area contributed by atoms with Gasteiger partial charge in [0.25, 0.3) is 11.8 Å². The van der Waals surface area contributed by atoms with Crippen molar-refractivity contribution in [1.29, 1.82) is 0 Å². The summed E-state index contributed by atoms with van der Waals surface area (Å²) in [4.78, 5) is 31.1. The summed E-state index contributed by atoms with van der Waals surface area (Å²) in [6, 6.07) is 11.9. The number of hydrogen-bond acceptors (Lipinski definition) is 2. The second-order valence-corrected chi connectivity index (χ2v) is 9.50. The minimum Gasteiger partial charge on any atom is -0.307 e.